The van der Waals surface area contributed by atoms with Crippen LogP contribution in [0.4, 0.5) is 0 Å². The number of aromatic nitrogens is 2. The number of benzene rings is 1. The zero-order valence-electron chi connectivity index (χ0n) is 12.6. The average molecular weight is 297 g/mol. The van der Waals surface area contributed by atoms with Gasteiger partial charge in [-0.25, -0.2) is 4.68 Å². The molecule has 2 aromatic rings. The van der Waals surface area contributed by atoms with Gasteiger partial charge in [0.05, 0.1) is 12.8 Å². The van der Waals surface area contributed by atoms with E-state index in [-0.39, 0.29) is 5.91 Å². The van der Waals surface area contributed by atoms with Crippen molar-refractivity contribution < 1.29 is 9.53 Å². The number of amides is 1. The molecule has 22 heavy (non-hydrogen) atoms. The van der Waals surface area contributed by atoms with E-state index in [9.17, 15) is 4.79 Å². The highest BCUT2D eigenvalue weighted by atomic mass is 16.5. The second-order valence-electron chi connectivity index (χ2n) is 5.34. The Hall–Kier alpha value is -2.56. The van der Waals surface area contributed by atoms with Gasteiger partial charge in [-0.15, -0.1) is 6.58 Å². The van der Waals surface area contributed by atoms with E-state index < -0.39 is 0 Å². The highest BCUT2D eigenvalue weighted by Gasteiger charge is 2.29. The molecule has 0 aliphatic heterocycles. The van der Waals surface area contributed by atoms with Crippen molar-refractivity contribution in [3.8, 4) is 11.4 Å². The van der Waals surface area contributed by atoms with Crippen molar-refractivity contribution in [2.24, 2.45) is 0 Å². The first-order chi connectivity index (χ1) is 10.7. The zero-order chi connectivity index (χ0) is 15.5. The normalized spacial score (nSPS) is 13.7. The first kappa shape index (κ1) is 14.4. The fourth-order valence-electron chi connectivity index (χ4n) is 2.36. The second kappa shape index (κ2) is 6.05. The Balaban J connectivity index is 1.93. The van der Waals surface area contributed by atoms with Gasteiger partial charge in [0.1, 0.15) is 5.75 Å². The summed E-state index contributed by atoms with van der Waals surface area (Å²) in [6.07, 6.45) is 3.95. The molecule has 1 aliphatic carbocycles. The van der Waals surface area contributed by atoms with Crippen molar-refractivity contribution in [3.05, 3.63) is 54.4 Å². The molecule has 0 radical (unpaired) electrons. The molecule has 1 aliphatic rings. The molecule has 3 rings (SSSR count). The van der Waals surface area contributed by atoms with E-state index in [1.807, 2.05) is 35.0 Å². The molecule has 5 nitrogen and oxygen atoms in total. The van der Waals surface area contributed by atoms with Crippen LogP contribution in [0, 0.1) is 0 Å². The number of ether oxygens (including phenoxy) is 1. The Morgan fingerprint density at radius 3 is 2.77 bits per heavy atom. The number of hydrogen-bond donors (Lipinski definition) is 1. The van der Waals surface area contributed by atoms with E-state index in [1.165, 1.54) is 0 Å². The largest absolute Gasteiger partial charge is 0.497 e. The maximum absolute atomic E-state index is 12.1. The minimum atomic E-state index is -0.172. The summed E-state index contributed by atoms with van der Waals surface area (Å²) in [4.78, 5) is 12.1. The Labute approximate surface area is 129 Å². The molecule has 0 saturated heterocycles. The first-order valence-electron chi connectivity index (χ1n) is 7.36. The summed E-state index contributed by atoms with van der Waals surface area (Å²) in [5.41, 5.74) is 2.47. The average Bonchev–Trinajstić information content (AvgIpc) is 3.31. The smallest absolute Gasteiger partial charge is 0.272 e. The van der Waals surface area contributed by atoms with E-state index in [0.717, 1.165) is 30.0 Å². The fourth-order valence-corrected chi connectivity index (χ4v) is 2.36. The predicted octanol–water partition coefficient (Wildman–Crippen LogP) is 2.67. The van der Waals surface area contributed by atoms with Gasteiger partial charge in [0.25, 0.3) is 5.91 Å². The third-order valence-electron chi connectivity index (χ3n) is 3.69. The molecule has 0 atom stereocenters. The number of carbonyl (C=O) groups excluding carboxylic acids is 1. The van der Waals surface area contributed by atoms with E-state index in [0.29, 0.717) is 18.2 Å². The van der Waals surface area contributed by atoms with Crippen LogP contribution >= 0.6 is 0 Å². The quantitative estimate of drug-likeness (QED) is 0.834. The van der Waals surface area contributed by atoms with E-state index in [4.69, 9.17) is 4.74 Å². The monoisotopic (exact) mass is 297 g/mol. The lowest BCUT2D eigenvalue weighted by Crippen LogP contribution is -2.23. The third-order valence-corrected chi connectivity index (χ3v) is 3.69. The van der Waals surface area contributed by atoms with Crippen molar-refractivity contribution in [2.45, 2.75) is 18.8 Å². The molecule has 1 aromatic carbocycles. The molecule has 1 heterocycles. The molecule has 1 fully saturated rings. The third kappa shape index (κ3) is 2.88. The van der Waals surface area contributed by atoms with Gasteiger partial charge in [0.2, 0.25) is 0 Å². The van der Waals surface area contributed by atoms with Gasteiger partial charge in [-0.2, -0.15) is 5.10 Å². The summed E-state index contributed by atoms with van der Waals surface area (Å²) in [5.74, 6) is 1.12. The van der Waals surface area contributed by atoms with Crippen LogP contribution in [0.15, 0.2) is 43.0 Å². The van der Waals surface area contributed by atoms with Crippen molar-refractivity contribution in [2.75, 3.05) is 13.7 Å². The van der Waals surface area contributed by atoms with Gasteiger partial charge in [-0.05, 0) is 43.2 Å². The summed E-state index contributed by atoms with van der Waals surface area (Å²) >= 11 is 0. The van der Waals surface area contributed by atoms with Gasteiger partial charge >= 0.3 is 0 Å². The highest BCUT2D eigenvalue weighted by Crippen LogP contribution is 2.41. The van der Waals surface area contributed by atoms with Crippen LogP contribution < -0.4 is 10.1 Å². The maximum Gasteiger partial charge on any atom is 0.272 e. The maximum atomic E-state index is 12.1. The first-order valence-corrected chi connectivity index (χ1v) is 7.36. The lowest BCUT2D eigenvalue weighted by atomic mass is 10.2. The number of nitrogens with zero attached hydrogens (tertiary/aromatic N) is 2. The van der Waals surface area contributed by atoms with Crippen LogP contribution in [0.1, 0.15) is 34.9 Å². The molecule has 1 aromatic heterocycles. The minimum absolute atomic E-state index is 0.172. The van der Waals surface area contributed by atoms with Crippen molar-refractivity contribution >= 4 is 5.91 Å². The topological polar surface area (TPSA) is 56.2 Å². The predicted molar refractivity (Wildman–Crippen MR) is 84.6 cm³/mol. The van der Waals surface area contributed by atoms with Crippen LogP contribution in [-0.2, 0) is 0 Å². The Morgan fingerprint density at radius 2 is 2.18 bits per heavy atom. The van der Waals surface area contributed by atoms with Crippen molar-refractivity contribution in [3.63, 3.8) is 0 Å². The molecule has 114 valence electrons. The van der Waals surface area contributed by atoms with Crippen LogP contribution in [0.5, 0.6) is 5.75 Å². The molecule has 5 heteroatoms. The summed E-state index contributed by atoms with van der Waals surface area (Å²) in [6.45, 7) is 4.04. The molecule has 0 spiro atoms. The van der Waals surface area contributed by atoms with E-state index in [1.54, 1.807) is 13.2 Å². The van der Waals surface area contributed by atoms with Crippen LogP contribution in [0.25, 0.3) is 5.69 Å². The van der Waals surface area contributed by atoms with Crippen molar-refractivity contribution in [1.82, 2.24) is 15.1 Å². The molecular weight excluding hydrogens is 278 g/mol. The summed E-state index contributed by atoms with van der Waals surface area (Å²) < 4.78 is 7.04. The van der Waals surface area contributed by atoms with Crippen LogP contribution in [0.3, 0.4) is 0 Å². The minimum Gasteiger partial charge on any atom is -0.497 e. The molecule has 0 unspecified atom stereocenters. The lowest BCUT2D eigenvalue weighted by Gasteiger charge is -2.07. The van der Waals surface area contributed by atoms with Gasteiger partial charge in [-0.1, -0.05) is 6.08 Å². The van der Waals surface area contributed by atoms with E-state index in [2.05, 4.69) is 17.0 Å². The Morgan fingerprint density at radius 1 is 1.45 bits per heavy atom. The highest BCUT2D eigenvalue weighted by molar-refractivity contribution is 5.92. The molecule has 1 saturated carbocycles. The fraction of sp³-hybridized carbons (Fsp3) is 0.294. The zero-order valence-corrected chi connectivity index (χ0v) is 12.6. The molecule has 0 bridgehead atoms. The van der Waals surface area contributed by atoms with Crippen LogP contribution in [-0.4, -0.2) is 29.3 Å². The van der Waals surface area contributed by atoms with Gasteiger partial charge in [0, 0.05) is 18.2 Å². The molecule has 1 N–H and O–H groups in total. The summed E-state index contributed by atoms with van der Waals surface area (Å²) in [5, 5.41) is 7.24. The Kier molecular flexibility index (Phi) is 3.96. The number of rotatable bonds is 6. The standard InChI is InChI=1S/C17H19N3O2/c1-3-10-18-17(21)15-11-16(12-4-5-12)20(19-15)13-6-8-14(22-2)9-7-13/h3,6-9,11-12H,1,4-5,10H2,2H3,(H,18,21). The van der Waals surface area contributed by atoms with Gasteiger partial charge in [-0.3, -0.25) is 4.79 Å². The number of hydrogen-bond acceptors (Lipinski definition) is 3. The summed E-state index contributed by atoms with van der Waals surface area (Å²) in [7, 11) is 1.64. The van der Waals surface area contributed by atoms with Gasteiger partial charge in [0.15, 0.2) is 5.69 Å². The lowest BCUT2D eigenvalue weighted by molar-refractivity contribution is 0.0952. The van der Waals surface area contributed by atoms with Gasteiger partial charge < -0.3 is 10.1 Å². The number of carbonyl (C=O) groups is 1. The second-order valence-corrected chi connectivity index (χ2v) is 5.34. The number of nitrogens with one attached hydrogen (secondary N) is 1. The molecular formula is C17H19N3O2. The molecule has 1 amide bonds. The van der Waals surface area contributed by atoms with Crippen LogP contribution in [0.2, 0.25) is 0 Å². The van der Waals surface area contributed by atoms with E-state index >= 15 is 0 Å². The summed E-state index contributed by atoms with van der Waals surface area (Å²) in [6, 6.07) is 9.57. The van der Waals surface area contributed by atoms with Crippen molar-refractivity contribution in [1.29, 1.82) is 0 Å². The number of methoxy groups -OCH3 is 1. The SMILES string of the molecule is C=CCNC(=O)c1cc(C2CC2)n(-c2ccc(OC)cc2)n1. The Bertz CT molecular complexity index is 684.